The summed E-state index contributed by atoms with van der Waals surface area (Å²) in [5.74, 6) is 0.0509. The molecule has 414 valence electrons. The number of benzene rings is 3. The number of nitrogens with zero attached hydrogens (tertiary/aromatic N) is 7. The molecule has 3 N–H and O–H groups in total. The molecule has 2 atom stereocenters. The Morgan fingerprint density at radius 3 is 1.99 bits per heavy atom. The maximum Gasteiger partial charge on any atom is 0.276 e. The van der Waals surface area contributed by atoms with Crippen molar-refractivity contribution in [2.24, 2.45) is 11.7 Å². The van der Waals surface area contributed by atoms with Gasteiger partial charge < -0.3 is 49.1 Å². The Morgan fingerprint density at radius 1 is 0.692 bits per heavy atom. The normalized spacial score (nSPS) is 17.6. The average Bonchev–Trinajstić information content (AvgIpc) is 4.39. The number of carbonyl (C=O) groups excluding carboxylic acids is 6. The van der Waals surface area contributed by atoms with Gasteiger partial charge in [-0.2, -0.15) is 5.10 Å². The number of likely N-dealkylation sites (tertiary alicyclic amines) is 1. The molecule has 9 rings (SSSR count). The predicted octanol–water partition coefficient (Wildman–Crippen LogP) is 4.96. The molecule has 1 unspecified atom stereocenters. The zero-order valence-corrected chi connectivity index (χ0v) is 43.7. The van der Waals surface area contributed by atoms with Crippen LogP contribution in [0.15, 0.2) is 79.0 Å². The van der Waals surface area contributed by atoms with E-state index in [0.29, 0.717) is 152 Å². The highest BCUT2D eigenvalue weighted by atomic mass is 16.6. The summed E-state index contributed by atoms with van der Waals surface area (Å²) in [6, 6.07) is 21.3. The smallest absolute Gasteiger partial charge is 0.276 e. The van der Waals surface area contributed by atoms with E-state index in [9.17, 15) is 28.8 Å². The average molecular weight is 1070 g/mol. The van der Waals surface area contributed by atoms with Crippen molar-refractivity contribution < 1.29 is 61.9 Å². The molecule has 4 aliphatic rings. The van der Waals surface area contributed by atoms with Crippen molar-refractivity contribution in [2.75, 3.05) is 104 Å². The van der Waals surface area contributed by atoms with Gasteiger partial charge >= 0.3 is 0 Å². The van der Waals surface area contributed by atoms with E-state index in [1.807, 2.05) is 70.2 Å². The Hall–Kier alpha value is -7.21. The second-order valence-corrected chi connectivity index (χ2v) is 19.4. The van der Waals surface area contributed by atoms with E-state index in [2.05, 4.69) is 15.6 Å². The number of aromatic nitrogens is 5. The van der Waals surface area contributed by atoms with Crippen molar-refractivity contribution in [2.45, 2.75) is 70.0 Å². The number of carbonyl (C=O) groups is 6. The van der Waals surface area contributed by atoms with Gasteiger partial charge in [0.15, 0.2) is 11.5 Å². The minimum atomic E-state index is -0.887. The SMILES string of the molecule is NC(=O)c1c(-c2ccc(Oc3ccccc3)cc2)nn2c1NCC[C@H]2C1CCN(C(=O)c2cn(CCOCCOCCOCCOCCOCCOCCCc3cccc4c3C(=O)N(C3CCC(=O)CC3=O)C4=O)nn2)CC1. The van der Waals surface area contributed by atoms with E-state index in [4.69, 9.17) is 44.0 Å². The first-order chi connectivity index (χ1) is 38.1. The Bertz CT molecular complexity index is 2870. The number of aryl methyl sites for hydroxylation is 1. The molecule has 4 amide bonds. The van der Waals surface area contributed by atoms with Gasteiger partial charge in [0, 0.05) is 38.2 Å². The number of primary amides is 1. The summed E-state index contributed by atoms with van der Waals surface area (Å²) in [6.07, 6.45) is 5.29. The van der Waals surface area contributed by atoms with E-state index in [1.54, 1.807) is 23.0 Å². The Balaban J connectivity index is 0.570. The number of nitrogens with one attached hydrogen (secondary N) is 1. The third kappa shape index (κ3) is 13.9. The third-order valence-electron chi connectivity index (χ3n) is 14.3. The van der Waals surface area contributed by atoms with E-state index >= 15 is 0 Å². The number of piperidine rings is 1. The maximum absolute atomic E-state index is 13.5. The van der Waals surface area contributed by atoms with Crippen molar-refractivity contribution in [1.82, 2.24) is 34.6 Å². The quantitative estimate of drug-likeness (QED) is 0.0364. The van der Waals surface area contributed by atoms with E-state index < -0.39 is 23.8 Å². The highest BCUT2D eigenvalue weighted by Gasteiger charge is 2.45. The molecule has 1 saturated heterocycles. The standard InChI is InChI=1S/C56H67N9O13/c57-52(68)50-51(40-11-14-43(15-12-40)78-42-8-2-1-3-9-42)60-65-46(17-20-58-53(50)65)38-18-21-62(22-19-38)55(70)45-37-63(61-59-45)23-25-73-27-29-75-31-33-77-35-34-76-32-30-74-28-26-72-24-5-7-39-6-4-10-44-49(39)56(71)64(54(44)69)47-16-13-41(66)36-48(47)67/h1-4,6,8-12,14-15,37-38,46-47,58H,5,7,13,16-36H2,(H2,57,68)/t46-,47?/m0/s1. The zero-order chi connectivity index (χ0) is 54.2. The molecule has 1 saturated carbocycles. The van der Waals surface area contributed by atoms with Gasteiger partial charge in [0.05, 0.1) is 115 Å². The molecule has 2 fully saturated rings. The fraction of sp³-hybridized carbons (Fsp3) is 0.482. The molecule has 0 spiro atoms. The summed E-state index contributed by atoms with van der Waals surface area (Å²) < 4.78 is 43.2. The van der Waals surface area contributed by atoms with Crippen molar-refractivity contribution in [3.05, 3.63) is 107 Å². The van der Waals surface area contributed by atoms with Gasteiger partial charge in [-0.1, -0.05) is 35.5 Å². The number of nitrogens with two attached hydrogens (primary N) is 1. The van der Waals surface area contributed by atoms with Crippen LogP contribution in [0.2, 0.25) is 0 Å². The lowest BCUT2D eigenvalue weighted by atomic mass is 9.86. The maximum atomic E-state index is 13.5. The summed E-state index contributed by atoms with van der Waals surface area (Å²) in [6.45, 7) is 7.12. The lowest BCUT2D eigenvalue weighted by molar-refractivity contribution is -0.132. The Kier molecular flexibility index (Phi) is 19.5. The first kappa shape index (κ1) is 55.5. The molecule has 3 aliphatic heterocycles. The van der Waals surface area contributed by atoms with Crippen molar-refractivity contribution in [3.8, 4) is 22.8 Å². The van der Waals surface area contributed by atoms with Crippen LogP contribution in [0.3, 0.4) is 0 Å². The van der Waals surface area contributed by atoms with Crippen LogP contribution >= 0.6 is 0 Å². The van der Waals surface area contributed by atoms with Crippen LogP contribution in [0.4, 0.5) is 5.82 Å². The summed E-state index contributed by atoms with van der Waals surface area (Å²) in [4.78, 5) is 79.8. The fourth-order valence-electron chi connectivity index (χ4n) is 10.4. The summed E-state index contributed by atoms with van der Waals surface area (Å²) in [5, 5.41) is 16.7. The van der Waals surface area contributed by atoms with Gasteiger partial charge in [-0.25, -0.2) is 9.36 Å². The molecule has 22 heteroatoms. The molecule has 2 aromatic heterocycles. The highest BCUT2D eigenvalue weighted by molar-refractivity contribution is 6.24. The number of para-hydroxylation sites is 1. The van der Waals surface area contributed by atoms with Gasteiger partial charge in [-0.3, -0.25) is 33.7 Å². The third-order valence-corrected chi connectivity index (χ3v) is 14.3. The van der Waals surface area contributed by atoms with E-state index in [-0.39, 0.29) is 54.4 Å². The lowest BCUT2D eigenvalue weighted by Crippen LogP contribution is -2.47. The van der Waals surface area contributed by atoms with Gasteiger partial charge in [0.1, 0.15) is 34.4 Å². The number of hydrogen-bond donors (Lipinski definition) is 2. The van der Waals surface area contributed by atoms with Crippen molar-refractivity contribution in [1.29, 1.82) is 0 Å². The summed E-state index contributed by atoms with van der Waals surface area (Å²) in [7, 11) is 0. The Morgan fingerprint density at radius 2 is 1.33 bits per heavy atom. The second-order valence-electron chi connectivity index (χ2n) is 19.4. The van der Waals surface area contributed by atoms with E-state index in [1.165, 1.54) is 0 Å². The monoisotopic (exact) mass is 1070 g/mol. The minimum absolute atomic E-state index is 0.0322. The molecular formula is C56H67N9O13. The van der Waals surface area contributed by atoms with E-state index in [0.717, 1.165) is 41.0 Å². The molecule has 5 aromatic rings. The molecule has 22 nitrogen and oxygen atoms in total. The van der Waals surface area contributed by atoms with Crippen LogP contribution in [0.1, 0.15) is 98.1 Å². The van der Waals surface area contributed by atoms with Gasteiger partial charge in [-0.05, 0) is 92.5 Å². The molecule has 0 bridgehead atoms. The van der Waals surface area contributed by atoms with Crippen LogP contribution in [0, 0.1) is 5.92 Å². The number of fused-ring (bicyclic) bond motifs is 2. The summed E-state index contributed by atoms with van der Waals surface area (Å²) in [5.41, 5.74) is 9.26. The molecule has 78 heavy (non-hydrogen) atoms. The van der Waals surface area contributed by atoms with Gasteiger partial charge in [-0.15, -0.1) is 5.10 Å². The lowest BCUT2D eigenvalue weighted by Gasteiger charge is -2.38. The number of anilines is 1. The van der Waals surface area contributed by atoms with Crippen LogP contribution < -0.4 is 15.8 Å². The van der Waals surface area contributed by atoms with Crippen molar-refractivity contribution in [3.63, 3.8) is 0 Å². The number of hydrogen-bond acceptors (Lipinski definition) is 17. The molecule has 3 aromatic carbocycles. The molecule has 0 radical (unpaired) electrons. The van der Waals surface area contributed by atoms with Crippen LogP contribution in [-0.4, -0.2) is 175 Å². The number of ketones is 2. The van der Waals surface area contributed by atoms with Crippen molar-refractivity contribution >= 4 is 41.0 Å². The fourth-order valence-corrected chi connectivity index (χ4v) is 10.4. The minimum Gasteiger partial charge on any atom is -0.457 e. The number of ether oxygens (including phenoxy) is 7. The van der Waals surface area contributed by atoms with Crippen LogP contribution in [-0.2, 0) is 51.0 Å². The number of rotatable bonds is 29. The summed E-state index contributed by atoms with van der Waals surface area (Å²) >= 11 is 0. The molecule has 5 heterocycles. The van der Waals surface area contributed by atoms with Gasteiger partial charge in [0.2, 0.25) is 0 Å². The van der Waals surface area contributed by atoms with Gasteiger partial charge in [0.25, 0.3) is 23.6 Å². The predicted molar refractivity (Wildman–Crippen MR) is 281 cm³/mol. The first-order valence-corrected chi connectivity index (χ1v) is 26.8. The first-order valence-electron chi connectivity index (χ1n) is 26.8. The largest absolute Gasteiger partial charge is 0.457 e. The topological polar surface area (TPSA) is 260 Å². The zero-order valence-electron chi connectivity index (χ0n) is 43.7. The number of amides is 4. The second kappa shape index (κ2) is 27.4. The van der Waals surface area contributed by atoms with Crippen LogP contribution in [0.25, 0.3) is 11.3 Å². The molecular weight excluding hydrogens is 1010 g/mol. The highest BCUT2D eigenvalue weighted by Crippen LogP contribution is 2.40. The van der Waals surface area contributed by atoms with Crippen LogP contribution in [0.5, 0.6) is 11.5 Å². The molecule has 1 aliphatic carbocycles. The number of Topliss-reactive ketones (excluding diaryl/α,β-unsaturated/α-hetero) is 2. The Labute approximate surface area is 451 Å². The number of imide groups is 1.